The third-order valence-corrected chi connectivity index (χ3v) is 2.27. The Kier molecular flexibility index (Phi) is 2.64. The van der Waals surface area contributed by atoms with Crippen molar-refractivity contribution in [2.24, 2.45) is 5.73 Å². The summed E-state index contributed by atoms with van der Waals surface area (Å²) in [4.78, 5) is 11.1. The predicted octanol–water partition coefficient (Wildman–Crippen LogP) is 2.05. The highest BCUT2D eigenvalue weighted by Crippen LogP contribution is 2.30. The molecule has 1 aromatic carbocycles. The van der Waals surface area contributed by atoms with E-state index in [9.17, 15) is 4.79 Å². The quantitative estimate of drug-likeness (QED) is 0.855. The van der Waals surface area contributed by atoms with E-state index in [4.69, 9.17) is 14.9 Å². The van der Waals surface area contributed by atoms with Crippen LogP contribution in [-0.2, 0) is 0 Å². The molecule has 1 heterocycles. The van der Waals surface area contributed by atoms with Crippen LogP contribution in [0, 0.1) is 0 Å². The van der Waals surface area contributed by atoms with Crippen molar-refractivity contribution in [1.29, 1.82) is 0 Å². The van der Waals surface area contributed by atoms with Crippen LogP contribution in [0.4, 0.5) is 0 Å². The van der Waals surface area contributed by atoms with Crippen LogP contribution in [0.15, 0.2) is 41.0 Å². The van der Waals surface area contributed by atoms with Gasteiger partial charge in [-0.25, -0.2) is 0 Å². The van der Waals surface area contributed by atoms with Gasteiger partial charge in [0.05, 0.1) is 18.9 Å². The lowest BCUT2D eigenvalue weighted by Gasteiger charge is -2.07. The minimum absolute atomic E-state index is 0.423. The molecule has 2 N–H and O–H groups in total. The number of amides is 1. The van der Waals surface area contributed by atoms with E-state index in [0.29, 0.717) is 22.6 Å². The van der Waals surface area contributed by atoms with Crippen LogP contribution < -0.4 is 10.5 Å². The molecule has 0 spiro atoms. The Balaban J connectivity index is 2.56. The molecule has 2 aromatic rings. The van der Waals surface area contributed by atoms with E-state index in [1.807, 2.05) is 0 Å². The van der Waals surface area contributed by atoms with E-state index < -0.39 is 5.91 Å². The Morgan fingerprint density at radius 2 is 2.19 bits per heavy atom. The Hall–Kier alpha value is -2.23. The van der Waals surface area contributed by atoms with Gasteiger partial charge in [-0.15, -0.1) is 0 Å². The Labute approximate surface area is 92.6 Å². The van der Waals surface area contributed by atoms with Gasteiger partial charge < -0.3 is 14.9 Å². The molecule has 0 saturated carbocycles. The maximum Gasteiger partial charge on any atom is 0.248 e. The van der Waals surface area contributed by atoms with Crippen molar-refractivity contribution in [3.63, 3.8) is 0 Å². The van der Waals surface area contributed by atoms with Crippen LogP contribution in [0.5, 0.6) is 5.75 Å². The number of primary amides is 1. The fraction of sp³-hybridized carbons (Fsp3) is 0.0833. The SMILES string of the molecule is COc1ccc(C(N)=O)cc1-c1ccco1. The van der Waals surface area contributed by atoms with Crippen molar-refractivity contribution < 1.29 is 13.9 Å². The average Bonchev–Trinajstić information content (AvgIpc) is 2.81. The highest BCUT2D eigenvalue weighted by Gasteiger charge is 2.11. The number of carbonyl (C=O) groups excluding carboxylic acids is 1. The lowest BCUT2D eigenvalue weighted by molar-refractivity contribution is 0.100. The normalized spacial score (nSPS) is 10.1. The fourth-order valence-electron chi connectivity index (χ4n) is 1.49. The zero-order valence-corrected chi connectivity index (χ0v) is 8.77. The van der Waals surface area contributed by atoms with E-state index in [2.05, 4.69) is 0 Å². The molecule has 2 rings (SSSR count). The molecule has 0 saturated heterocycles. The van der Waals surface area contributed by atoms with E-state index >= 15 is 0 Å². The van der Waals surface area contributed by atoms with E-state index in [-0.39, 0.29) is 0 Å². The van der Waals surface area contributed by atoms with Crippen LogP contribution in [0.25, 0.3) is 11.3 Å². The smallest absolute Gasteiger partial charge is 0.248 e. The number of rotatable bonds is 3. The minimum atomic E-state index is -0.476. The maximum atomic E-state index is 11.1. The Morgan fingerprint density at radius 3 is 2.75 bits per heavy atom. The summed E-state index contributed by atoms with van der Waals surface area (Å²) < 4.78 is 10.5. The number of nitrogens with two attached hydrogens (primary N) is 1. The molecule has 0 aliphatic rings. The van der Waals surface area contributed by atoms with Gasteiger partial charge in [0.25, 0.3) is 0 Å². The number of carbonyl (C=O) groups is 1. The molecule has 4 nitrogen and oxygen atoms in total. The molecule has 82 valence electrons. The summed E-state index contributed by atoms with van der Waals surface area (Å²) >= 11 is 0. The second-order valence-corrected chi connectivity index (χ2v) is 3.26. The molecule has 0 unspecified atom stereocenters. The zero-order valence-electron chi connectivity index (χ0n) is 8.77. The van der Waals surface area contributed by atoms with Crippen LogP contribution >= 0.6 is 0 Å². The van der Waals surface area contributed by atoms with E-state index in [1.165, 1.54) is 0 Å². The summed E-state index contributed by atoms with van der Waals surface area (Å²) in [6.45, 7) is 0. The van der Waals surface area contributed by atoms with Crippen molar-refractivity contribution >= 4 is 5.91 Å². The van der Waals surface area contributed by atoms with Crippen molar-refractivity contribution in [1.82, 2.24) is 0 Å². The van der Waals surface area contributed by atoms with Gasteiger partial charge in [-0.05, 0) is 30.3 Å². The monoisotopic (exact) mass is 217 g/mol. The molecule has 0 aliphatic carbocycles. The van der Waals surface area contributed by atoms with Crippen LogP contribution in [0.2, 0.25) is 0 Å². The van der Waals surface area contributed by atoms with E-state index in [1.54, 1.807) is 43.7 Å². The van der Waals surface area contributed by atoms with Gasteiger partial charge in [-0.3, -0.25) is 4.79 Å². The maximum absolute atomic E-state index is 11.1. The van der Waals surface area contributed by atoms with Crippen molar-refractivity contribution in [3.05, 3.63) is 42.2 Å². The molecule has 0 bridgehead atoms. The zero-order chi connectivity index (χ0) is 11.5. The first-order valence-electron chi connectivity index (χ1n) is 4.74. The fourth-order valence-corrected chi connectivity index (χ4v) is 1.49. The predicted molar refractivity (Wildman–Crippen MR) is 59.2 cm³/mol. The third-order valence-electron chi connectivity index (χ3n) is 2.27. The summed E-state index contributed by atoms with van der Waals surface area (Å²) in [5.74, 6) is 0.801. The summed E-state index contributed by atoms with van der Waals surface area (Å²) in [5.41, 5.74) is 6.35. The molecule has 4 heteroatoms. The molecule has 16 heavy (non-hydrogen) atoms. The summed E-state index contributed by atoms with van der Waals surface area (Å²) in [7, 11) is 1.56. The lowest BCUT2D eigenvalue weighted by Crippen LogP contribution is -2.10. The molecule has 1 aromatic heterocycles. The first-order chi connectivity index (χ1) is 7.72. The van der Waals surface area contributed by atoms with Crippen LogP contribution in [-0.4, -0.2) is 13.0 Å². The minimum Gasteiger partial charge on any atom is -0.496 e. The average molecular weight is 217 g/mol. The first kappa shape index (κ1) is 10.3. The van der Waals surface area contributed by atoms with Gasteiger partial charge in [0.15, 0.2) is 0 Å². The van der Waals surface area contributed by atoms with Crippen LogP contribution in [0.3, 0.4) is 0 Å². The molecule has 1 amide bonds. The molecule has 0 atom stereocenters. The van der Waals surface area contributed by atoms with E-state index in [0.717, 1.165) is 0 Å². The number of benzene rings is 1. The van der Waals surface area contributed by atoms with Crippen molar-refractivity contribution in [2.45, 2.75) is 0 Å². The van der Waals surface area contributed by atoms with Crippen molar-refractivity contribution in [3.8, 4) is 17.1 Å². The number of furan rings is 1. The summed E-state index contributed by atoms with van der Waals surface area (Å²) in [5, 5.41) is 0. The summed E-state index contributed by atoms with van der Waals surface area (Å²) in [6, 6.07) is 8.53. The molecular formula is C12H11NO3. The summed E-state index contributed by atoms with van der Waals surface area (Å²) in [6.07, 6.45) is 1.56. The lowest BCUT2D eigenvalue weighted by atomic mass is 10.1. The molecular weight excluding hydrogens is 206 g/mol. The second-order valence-electron chi connectivity index (χ2n) is 3.26. The van der Waals surface area contributed by atoms with Gasteiger partial charge >= 0.3 is 0 Å². The highest BCUT2D eigenvalue weighted by atomic mass is 16.5. The molecule has 0 radical (unpaired) electrons. The largest absolute Gasteiger partial charge is 0.496 e. The van der Waals surface area contributed by atoms with Gasteiger partial charge in [0.2, 0.25) is 5.91 Å². The third kappa shape index (κ3) is 1.77. The number of methoxy groups -OCH3 is 1. The Morgan fingerprint density at radius 1 is 1.38 bits per heavy atom. The number of ether oxygens (including phenoxy) is 1. The Bertz CT molecular complexity index is 503. The van der Waals surface area contributed by atoms with Gasteiger partial charge in [-0.2, -0.15) is 0 Å². The van der Waals surface area contributed by atoms with Gasteiger partial charge in [-0.1, -0.05) is 0 Å². The van der Waals surface area contributed by atoms with Crippen molar-refractivity contribution in [2.75, 3.05) is 7.11 Å². The topological polar surface area (TPSA) is 65.5 Å². The highest BCUT2D eigenvalue weighted by molar-refractivity contribution is 5.94. The molecule has 0 aliphatic heterocycles. The molecule has 0 fully saturated rings. The van der Waals surface area contributed by atoms with Gasteiger partial charge in [0.1, 0.15) is 11.5 Å². The standard InChI is InChI=1S/C12H11NO3/c1-15-10-5-4-8(12(13)14)7-9(10)11-3-2-6-16-11/h2-7H,1H3,(H2,13,14). The number of hydrogen-bond acceptors (Lipinski definition) is 3. The van der Waals surface area contributed by atoms with Crippen LogP contribution in [0.1, 0.15) is 10.4 Å². The first-order valence-corrected chi connectivity index (χ1v) is 4.74. The second kappa shape index (κ2) is 4.10. The van der Waals surface area contributed by atoms with Gasteiger partial charge in [0, 0.05) is 5.56 Å². The number of hydrogen-bond donors (Lipinski definition) is 1.